The maximum Gasteiger partial charge on any atom is 0.417 e. The van der Waals surface area contributed by atoms with E-state index in [1.54, 1.807) is 18.2 Å². The summed E-state index contributed by atoms with van der Waals surface area (Å²) in [4.78, 5) is 14.9. The minimum Gasteiger partial charge on any atom is -0.350 e. The quantitative estimate of drug-likeness (QED) is 0.476. The molecule has 0 saturated carbocycles. The fourth-order valence-electron chi connectivity index (χ4n) is 2.92. The molecule has 3 heterocycles. The van der Waals surface area contributed by atoms with Gasteiger partial charge in [0.15, 0.2) is 0 Å². The fourth-order valence-corrected chi connectivity index (χ4v) is 2.92. The zero-order valence-electron chi connectivity index (χ0n) is 15.1. The molecule has 30 heavy (non-hydrogen) atoms. The highest BCUT2D eigenvalue weighted by Crippen LogP contribution is 2.34. The third kappa shape index (κ3) is 3.65. The maximum absolute atomic E-state index is 13.8. The number of hydrogen-bond acceptors (Lipinski definition) is 5. The lowest BCUT2D eigenvalue weighted by Crippen LogP contribution is -2.07. The Kier molecular flexibility index (Phi) is 4.79. The number of aromatic nitrogens is 4. The Bertz CT molecular complexity index is 1270. The van der Waals surface area contributed by atoms with E-state index in [2.05, 4.69) is 25.3 Å². The molecule has 0 amide bonds. The summed E-state index contributed by atoms with van der Waals surface area (Å²) in [7, 11) is 0. The van der Waals surface area contributed by atoms with Crippen molar-refractivity contribution in [3.8, 4) is 17.3 Å². The number of nitriles is 1. The molecule has 150 valence electrons. The monoisotopic (exact) mass is 412 g/mol. The predicted octanol–water partition coefficient (Wildman–Crippen LogP) is 4.66. The van der Waals surface area contributed by atoms with E-state index in [1.807, 2.05) is 6.07 Å². The average molecular weight is 412 g/mol. The second-order valence-corrected chi connectivity index (χ2v) is 6.33. The van der Waals surface area contributed by atoms with Crippen molar-refractivity contribution in [3.63, 3.8) is 0 Å². The van der Waals surface area contributed by atoms with Gasteiger partial charge in [0.2, 0.25) is 5.95 Å². The Morgan fingerprint density at radius 1 is 1.13 bits per heavy atom. The van der Waals surface area contributed by atoms with Gasteiger partial charge >= 0.3 is 6.18 Å². The molecule has 2 N–H and O–H groups in total. The van der Waals surface area contributed by atoms with Crippen molar-refractivity contribution in [1.82, 2.24) is 19.9 Å². The summed E-state index contributed by atoms with van der Waals surface area (Å²) in [6, 6.07) is 9.04. The van der Waals surface area contributed by atoms with Crippen molar-refractivity contribution < 1.29 is 17.6 Å². The van der Waals surface area contributed by atoms with Crippen LogP contribution in [0.4, 0.5) is 23.5 Å². The molecule has 4 aromatic rings. The average Bonchev–Trinajstić information content (AvgIpc) is 3.15. The molecule has 0 saturated heterocycles. The van der Waals surface area contributed by atoms with E-state index in [0.717, 1.165) is 12.3 Å². The van der Waals surface area contributed by atoms with Crippen LogP contribution in [0.5, 0.6) is 0 Å². The number of halogens is 4. The molecule has 0 unspecified atom stereocenters. The van der Waals surface area contributed by atoms with E-state index in [9.17, 15) is 22.8 Å². The van der Waals surface area contributed by atoms with E-state index in [4.69, 9.17) is 0 Å². The highest BCUT2D eigenvalue weighted by Gasteiger charge is 2.31. The van der Waals surface area contributed by atoms with Gasteiger partial charge in [0.1, 0.15) is 17.5 Å². The topological polar surface area (TPSA) is 90.3 Å². The second kappa shape index (κ2) is 7.44. The zero-order chi connectivity index (χ0) is 21.3. The van der Waals surface area contributed by atoms with Crippen molar-refractivity contribution in [2.45, 2.75) is 12.7 Å². The minimum absolute atomic E-state index is 0.0738. The van der Waals surface area contributed by atoms with Crippen LogP contribution in [0.15, 0.2) is 48.9 Å². The number of rotatable bonds is 4. The van der Waals surface area contributed by atoms with Crippen molar-refractivity contribution >= 4 is 17.0 Å². The molecule has 1 aromatic carbocycles. The number of nitrogens with zero attached hydrogens (tertiary/aromatic N) is 4. The van der Waals surface area contributed by atoms with Gasteiger partial charge < -0.3 is 10.3 Å². The highest BCUT2D eigenvalue weighted by molar-refractivity contribution is 5.94. The molecule has 6 nitrogen and oxygen atoms in total. The normalized spacial score (nSPS) is 11.4. The number of pyridine rings is 1. The third-order valence-corrected chi connectivity index (χ3v) is 4.42. The van der Waals surface area contributed by atoms with Crippen LogP contribution in [-0.2, 0) is 12.7 Å². The summed E-state index contributed by atoms with van der Waals surface area (Å²) < 4.78 is 53.1. The van der Waals surface area contributed by atoms with Crippen molar-refractivity contribution in [2.24, 2.45) is 0 Å². The van der Waals surface area contributed by atoms with Crippen LogP contribution in [0.3, 0.4) is 0 Å². The summed E-state index contributed by atoms with van der Waals surface area (Å²) in [6.07, 6.45) is -1.14. The third-order valence-electron chi connectivity index (χ3n) is 4.42. The number of fused-ring (bicyclic) bond motifs is 1. The number of benzene rings is 1. The molecule has 0 atom stereocenters. The molecule has 0 aliphatic rings. The van der Waals surface area contributed by atoms with E-state index < -0.39 is 17.6 Å². The lowest BCUT2D eigenvalue weighted by Gasteiger charge is -2.09. The Morgan fingerprint density at radius 2 is 1.93 bits per heavy atom. The first kappa shape index (κ1) is 19.3. The van der Waals surface area contributed by atoms with Crippen molar-refractivity contribution in [3.05, 3.63) is 71.4 Å². The van der Waals surface area contributed by atoms with E-state index in [0.29, 0.717) is 5.56 Å². The van der Waals surface area contributed by atoms with E-state index in [-0.39, 0.29) is 40.3 Å². The second-order valence-electron chi connectivity index (χ2n) is 6.33. The number of hydrogen-bond donors (Lipinski definition) is 2. The zero-order valence-corrected chi connectivity index (χ0v) is 15.1. The molecular weight excluding hydrogens is 400 g/mol. The predicted molar refractivity (Wildman–Crippen MR) is 101 cm³/mol. The lowest BCUT2D eigenvalue weighted by atomic mass is 10.1. The first-order chi connectivity index (χ1) is 14.4. The number of aromatic amines is 1. The van der Waals surface area contributed by atoms with Crippen LogP contribution >= 0.6 is 0 Å². The van der Waals surface area contributed by atoms with E-state index >= 15 is 0 Å². The Labute approximate surface area is 167 Å². The van der Waals surface area contributed by atoms with Gasteiger partial charge in [-0.3, -0.25) is 0 Å². The van der Waals surface area contributed by atoms with Gasteiger partial charge in [-0.2, -0.15) is 18.4 Å². The molecule has 0 aliphatic carbocycles. The number of anilines is 1. The Balaban J connectivity index is 1.74. The molecule has 0 bridgehead atoms. The molecule has 0 radical (unpaired) electrons. The molecular formula is C20H12F4N6. The molecule has 10 heteroatoms. The van der Waals surface area contributed by atoms with Crippen LogP contribution in [0.1, 0.15) is 16.7 Å². The van der Waals surface area contributed by atoms with Gasteiger partial charge in [-0.05, 0) is 12.1 Å². The number of H-pyrrole nitrogens is 1. The lowest BCUT2D eigenvalue weighted by molar-refractivity contribution is -0.137. The number of alkyl halides is 3. The highest BCUT2D eigenvalue weighted by atomic mass is 19.4. The van der Waals surface area contributed by atoms with Gasteiger partial charge in [0, 0.05) is 35.5 Å². The minimum atomic E-state index is -4.56. The molecule has 4 rings (SSSR count). The summed E-state index contributed by atoms with van der Waals surface area (Å²) in [5, 5.41) is 12.4. The molecule has 0 fully saturated rings. The standard InChI is InChI=1S/C20H12F4N6/c21-16-4-2-1-3-11(16)7-28-19-29-8-12(6-25)17(30-19)15-10-27-18-14(15)5-13(9-26-18)20(22,23)24/h1-5,8-10H,7H2,(H,26,27)(H,28,29,30). The van der Waals surface area contributed by atoms with Crippen LogP contribution in [0, 0.1) is 17.1 Å². The van der Waals surface area contributed by atoms with Gasteiger partial charge in [-0.25, -0.2) is 19.3 Å². The first-order valence-electron chi connectivity index (χ1n) is 8.66. The largest absolute Gasteiger partial charge is 0.417 e. The van der Waals surface area contributed by atoms with Gasteiger partial charge in [-0.1, -0.05) is 18.2 Å². The summed E-state index contributed by atoms with van der Waals surface area (Å²) in [6.45, 7) is 0.0890. The van der Waals surface area contributed by atoms with Crippen molar-refractivity contribution in [1.29, 1.82) is 5.26 Å². The smallest absolute Gasteiger partial charge is 0.350 e. The first-order valence-corrected chi connectivity index (χ1v) is 8.66. The van der Waals surface area contributed by atoms with E-state index in [1.165, 1.54) is 18.5 Å². The van der Waals surface area contributed by atoms with Crippen molar-refractivity contribution in [2.75, 3.05) is 5.32 Å². The van der Waals surface area contributed by atoms with Gasteiger partial charge in [0.25, 0.3) is 0 Å². The summed E-state index contributed by atoms with van der Waals surface area (Å²) in [5.74, 6) is -0.303. The van der Waals surface area contributed by atoms with Crippen LogP contribution in [-0.4, -0.2) is 19.9 Å². The van der Waals surface area contributed by atoms with Gasteiger partial charge in [-0.15, -0.1) is 0 Å². The Hall–Kier alpha value is -4.00. The van der Waals surface area contributed by atoms with Crippen LogP contribution < -0.4 is 5.32 Å². The van der Waals surface area contributed by atoms with Crippen LogP contribution in [0.2, 0.25) is 0 Å². The SMILES string of the molecule is N#Cc1cnc(NCc2ccccc2F)nc1-c1c[nH]c2ncc(C(F)(F)F)cc12. The molecule has 0 aliphatic heterocycles. The summed E-state index contributed by atoms with van der Waals surface area (Å²) in [5.41, 5.74) is 0.179. The number of nitrogens with one attached hydrogen (secondary N) is 2. The van der Waals surface area contributed by atoms with Gasteiger partial charge in [0.05, 0.1) is 23.0 Å². The fraction of sp³-hybridized carbons (Fsp3) is 0.100. The summed E-state index contributed by atoms with van der Waals surface area (Å²) >= 11 is 0. The van der Waals surface area contributed by atoms with Crippen LogP contribution in [0.25, 0.3) is 22.3 Å². The Morgan fingerprint density at radius 3 is 2.67 bits per heavy atom. The molecule has 0 spiro atoms. The molecule has 3 aromatic heterocycles. The maximum atomic E-state index is 13.8.